The molecule has 0 saturated carbocycles. The Morgan fingerprint density at radius 2 is 1.70 bits per heavy atom. The second-order valence-electron chi connectivity index (χ2n) is 7.66. The summed E-state index contributed by atoms with van der Waals surface area (Å²) in [5.74, 6) is -0.592. The van der Waals surface area contributed by atoms with Crippen molar-refractivity contribution in [3.63, 3.8) is 0 Å². The predicted octanol–water partition coefficient (Wildman–Crippen LogP) is 2.94. The summed E-state index contributed by atoms with van der Waals surface area (Å²) in [5, 5.41) is 5.41. The second kappa shape index (κ2) is 9.39. The fourth-order valence-electron chi connectivity index (χ4n) is 2.56. The number of nitrogens with one attached hydrogen (secondary N) is 2. The number of anilines is 1. The van der Waals surface area contributed by atoms with Crippen LogP contribution in [0.1, 0.15) is 39.7 Å². The molecule has 27 heavy (non-hydrogen) atoms. The summed E-state index contributed by atoms with van der Waals surface area (Å²) in [6, 6.07) is 6.78. The van der Waals surface area contributed by atoms with Crippen LogP contribution in [0.3, 0.4) is 0 Å². The third-order valence-corrected chi connectivity index (χ3v) is 4.56. The van der Waals surface area contributed by atoms with Crippen LogP contribution in [0.25, 0.3) is 0 Å². The minimum Gasteiger partial charge on any atom is -0.453 e. The predicted molar refractivity (Wildman–Crippen MR) is 105 cm³/mol. The van der Waals surface area contributed by atoms with Crippen LogP contribution in [0, 0.1) is 12.8 Å². The van der Waals surface area contributed by atoms with Gasteiger partial charge in [0.05, 0.1) is 7.11 Å². The van der Waals surface area contributed by atoms with Gasteiger partial charge < -0.3 is 20.3 Å². The highest BCUT2D eigenvalue weighted by atomic mass is 16.5. The van der Waals surface area contributed by atoms with E-state index in [1.165, 1.54) is 12.0 Å². The number of amides is 3. The van der Waals surface area contributed by atoms with Crippen molar-refractivity contribution in [2.75, 3.05) is 19.5 Å². The first kappa shape index (κ1) is 22.5. The number of alkyl carbamates (subject to hydrolysis) is 1. The zero-order valence-electron chi connectivity index (χ0n) is 17.3. The Morgan fingerprint density at radius 3 is 2.19 bits per heavy atom. The van der Waals surface area contributed by atoms with Crippen molar-refractivity contribution in [3.8, 4) is 0 Å². The number of hydrogen-bond acceptors (Lipinski definition) is 4. The van der Waals surface area contributed by atoms with Crippen LogP contribution in [-0.4, -0.2) is 48.5 Å². The zero-order valence-corrected chi connectivity index (χ0v) is 17.3. The van der Waals surface area contributed by atoms with Gasteiger partial charge in [-0.15, -0.1) is 0 Å². The number of likely N-dealkylation sites (N-methyl/N-ethyl adjacent to an activating group) is 1. The smallest absolute Gasteiger partial charge is 0.407 e. The van der Waals surface area contributed by atoms with Gasteiger partial charge >= 0.3 is 6.09 Å². The van der Waals surface area contributed by atoms with E-state index in [0.717, 1.165) is 5.56 Å². The molecule has 0 unspecified atom stereocenters. The molecule has 1 aromatic rings. The third-order valence-electron chi connectivity index (χ3n) is 4.56. The van der Waals surface area contributed by atoms with E-state index in [-0.39, 0.29) is 24.2 Å². The van der Waals surface area contributed by atoms with E-state index >= 15 is 0 Å². The Balaban J connectivity index is 2.81. The minimum absolute atomic E-state index is 0.117. The Labute approximate surface area is 161 Å². The number of carbonyl (C=O) groups excluding carboxylic acids is 3. The van der Waals surface area contributed by atoms with Crippen molar-refractivity contribution in [1.29, 1.82) is 0 Å². The summed E-state index contributed by atoms with van der Waals surface area (Å²) in [4.78, 5) is 38.4. The van der Waals surface area contributed by atoms with Crippen LogP contribution in [-0.2, 0) is 14.3 Å². The van der Waals surface area contributed by atoms with Crippen molar-refractivity contribution in [2.24, 2.45) is 5.92 Å². The van der Waals surface area contributed by atoms with Crippen LogP contribution < -0.4 is 10.6 Å². The quantitative estimate of drug-likeness (QED) is 0.765. The van der Waals surface area contributed by atoms with Crippen LogP contribution >= 0.6 is 0 Å². The summed E-state index contributed by atoms with van der Waals surface area (Å²) in [6.45, 7) is 9.28. The first-order chi connectivity index (χ1) is 12.5. The molecule has 2 N–H and O–H groups in total. The minimum atomic E-state index is -0.739. The Bertz CT molecular complexity index is 668. The molecule has 0 spiro atoms. The fourth-order valence-corrected chi connectivity index (χ4v) is 2.56. The number of hydrogen-bond donors (Lipinski definition) is 2. The van der Waals surface area contributed by atoms with Gasteiger partial charge in [-0.2, -0.15) is 0 Å². The Hall–Kier alpha value is -2.57. The maximum Gasteiger partial charge on any atom is 0.407 e. The summed E-state index contributed by atoms with van der Waals surface area (Å²) < 4.78 is 4.60. The lowest BCUT2D eigenvalue weighted by atomic mass is 9.95. The number of carbonyl (C=O) groups is 3. The number of rotatable bonds is 7. The monoisotopic (exact) mass is 377 g/mol. The van der Waals surface area contributed by atoms with E-state index < -0.39 is 17.7 Å². The second-order valence-corrected chi connectivity index (χ2v) is 7.66. The van der Waals surface area contributed by atoms with Crippen molar-refractivity contribution in [1.82, 2.24) is 10.2 Å². The van der Waals surface area contributed by atoms with E-state index in [1.807, 2.05) is 58.9 Å². The fraction of sp³-hybridized carbons (Fsp3) is 0.550. The Morgan fingerprint density at radius 1 is 1.15 bits per heavy atom. The highest BCUT2D eigenvalue weighted by molar-refractivity contribution is 5.92. The summed E-state index contributed by atoms with van der Waals surface area (Å²) in [5.41, 5.74) is 1.08. The molecule has 0 aliphatic carbocycles. The number of methoxy groups -OCH3 is 1. The van der Waals surface area contributed by atoms with Gasteiger partial charge in [0.15, 0.2) is 0 Å². The van der Waals surface area contributed by atoms with Gasteiger partial charge in [0.1, 0.15) is 6.04 Å². The molecule has 150 valence electrons. The van der Waals surface area contributed by atoms with Gasteiger partial charge in [-0.3, -0.25) is 9.59 Å². The van der Waals surface area contributed by atoms with E-state index in [4.69, 9.17) is 0 Å². The van der Waals surface area contributed by atoms with E-state index in [1.54, 1.807) is 7.05 Å². The van der Waals surface area contributed by atoms with Crippen LogP contribution in [0.5, 0.6) is 0 Å². The summed E-state index contributed by atoms with van der Waals surface area (Å²) >= 11 is 0. The van der Waals surface area contributed by atoms with Gasteiger partial charge in [0.2, 0.25) is 11.8 Å². The molecule has 0 aromatic heterocycles. The molecular weight excluding hydrogens is 346 g/mol. The lowest BCUT2D eigenvalue weighted by molar-refractivity contribution is -0.139. The summed E-state index contributed by atoms with van der Waals surface area (Å²) in [7, 11) is 2.89. The van der Waals surface area contributed by atoms with E-state index in [2.05, 4.69) is 15.4 Å². The van der Waals surface area contributed by atoms with Gasteiger partial charge in [-0.05, 0) is 38.8 Å². The number of nitrogens with zero attached hydrogens (tertiary/aromatic N) is 1. The average molecular weight is 377 g/mol. The lowest BCUT2D eigenvalue weighted by Crippen LogP contribution is -2.56. The molecule has 7 heteroatoms. The van der Waals surface area contributed by atoms with Gasteiger partial charge in [-0.25, -0.2) is 4.79 Å². The molecule has 0 bridgehead atoms. The summed E-state index contributed by atoms with van der Waals surface area (Å²) in [6.07, 6.45) is -0.544. The Kier molecular flexibility index (Phi) is 7.82. The van der Waals surface area contributed by atoms with Crippen molar-refractivity contribution >= 4 is 23.6 Å². The van der Waals surface area contributed by atoms with Gasteiger partial charge in [0, 0.05) is 24.7 Å². The molecule has 0 fully saturated rings. The number of ether oxygens (including phenoxy) is 1. The molecular formula is C20H31N3O4. The molecule has 0 radical (unpaired) electrons. The molecule has 0 aliphatic rings. The number of aryl methyl sites for hydroxylation is 1. The standard InChI is InChI=1S/C20H31N3O4/c1-13(2)17(22-19(26)27-7)18(25)23(6)20(4,5)12-16(24)21-15-10-8-14(3)9-11-15/h8-11,13,17H,12H2,1-7H3,(H,21,24)(H,22,26)/t17-/m0/s1. The molecule has 1 rings (SSSR count). The van der Waals surface area contributed by atoms with Gasteiger partial charge in [0.25, 0.3) is 0 Å². The zero-order chi connectivity index (χ0) is 20.8. The third kappa shape index (κ3) is 6.58. The molecule has 0 heterocycles. The van der Waals surface area contributed by atoms with Crippen molar-refractivity contribution in [3.05, 3.63) is 29.8 Å². The van der Waals surface area contributed by atoms with E-state index in [9.17, 15) is 14.4 Å². The molecule has 1 atom stereocenters. The van der Waals surface area contributed by atoms with Crippen LogP contribution in [0.15, 0.2) is 24.3 Å². The largest absolute Gasteiger partial charge is 0.453 e. The lowest BCUT2D eigenvalue weighted by Gasteiger charge is -2.38. The SMILES string of the molecule is COC(=O)N[C@H](C(=O)N(C)C(C)(C)CC(=O)Nc1ccc(C)cc1)C(C)C. The molecule has 0 saturated heterocycles. The average Bonchev–Trinajstić information content (AvgIpc) is 2.59. The highest BCUT2D eigenvalue weighted by Gasteiger charge is 2.35. The highest BCUT2D eigenvalue weighted by Crippen LogP contribution is 2.21. The topological polar surface area (TPSA) is 87.7 Å². The molecule has 7 nitrogen and oxygen atoms in total. The molecule has 0 aliphatic heterocycles. The molecule has 1 aromatic carbocycles. The maximum absolute atomic E-state index is 12.9. The number of benzene rings is 1. The van der Waals surface area contributed by atoms with Crippen molar-refractivity contribution in [2.45, 2.75) is 52.6 Å². The normalized spacial score (nSPS) is 12.3. The van der Waals surface area contributed by atoms with Crippen LogP contribution in [0.4, 0.5) is 10.5 Å². The molecule has 3 amide bonds. The first-order valence-corrected chi connectivity index (χ1v) is 8.96. The van der Waals surface area contributed by atoms with E-state index in [0.29, 0.717) is 5.69 Å². The first-order valence-electron chi connectivity index (χ1n) is 8.96. The maximum atomic E-state index is 12.9. The van der Waals surface area contributed by atoms with Crippen molar-refractivity contribution < 1.29 is 19.1 Å². The van der Waals surface area contributed by atoms with Gasteiger partial charge in [-0.1, -0.05) is 31.5 Å². The van der Waals surface area contributed by atoms with Crippen LogP contribution in [0.2, 0.25) is 0 Å².